The molecule has 4 nitrogen and oxygen atoms in total. The van der Waals surface area contributed by atoms with Gasteiger partial charge in [0.25, 0.3) is 5.03 Å². The van der Waals surface area contributed by atoms with Crippen molar-refractivity contribution in [2.75, 3.05) is 5.75 Å². The summed E-state index contributed by atoms with van der Waals surface area (Å²) < 4.78 is 13.5. The van der Waals surface area contributed by atoms with Crippen LogP contribution in [0.25, 0.3) is 0 Å². The Kier molecular flexibility index (Phi) is 2.29. The Morgan fingerprint density at radius 2 is 2.31 bits per heavy atom. The van der Waals surface area contributed by atoms with Gasteiger partial charge in [-0.3, -0.25) is 0 Å². The second-order valence-electron chi connectivity index (χ2n) is 3.53. The molecular weight excluding hydrogens is 186 g/mol. The SMILES string of the molecule is CC(C)n1nnc2c1[S+]([O-])CCC2. The molecule has 13 heavy (non-hydrogen) atoms. The van der Waals surface area contributed by atoms with Crippen LogP contribution >= 0.6 is 0 Å². The van der Waals surface area contributed by atoms with Gasteiger partial charge in [0.1, 0.15) is 11.4 Å². The van der Waals surface area contributed by atoms with Gasteiger partial charge in [-0.2, -0.15) is 0 Å². The van der Waals surface area contributed by atoms with Crippen molar-refractivity contribution in [3.63, 3.8) is 0 Å². The number of rotatable bonds is 1. The molecule has 1 aromatic heterocycles. The molecule has 2 heterocycles. The lowest BCUT2D eigenvalue weighted by molar-refractivity contribution is 0.464. The van der Waals surface area contributed by atoms with Gasteiger partial charge in [-0.15, -0.1) is 5.10 Å². The quantitative estimate of drug-likeness (QED) is 0.632. The summed E-state index contributed by atoms with van der Waals surface area (Å²) in [7, 11) is 0. The summed E-state index contributed by atoms with van der Waals surface area (Å²) in [5.41, 5.74) is 0.929. The average molecular weight is 199 g/mol. The van der Waals surface area contributed by atoms with Gasteiger partial charge in [0.05, 0.1) is 6.04 Å². The molecule has 0 aromatic carbocycles. The van der Waals surface area contributed by atoms with Crippen molar-refractivity contribution in [1.29, 1.82) is 0 Å². The molecule has 5 heteroatoms. The van der Waals surface area contributed by atoms with E-state index in [0.717, 1.165) is 29.3 Å². The second-order valence-corrected chi connectivity index (χ2v) is 5.02. The first-order chi connectivity index (χ1) is 6.20. The van der Waals surface area contributed by atoms with Gasteiger partial charge in [0.15, 0.2) is 0 Å². The molecule has 0 spiro atoms. The van der Waals surface area contributed by atoms with Crippen LogP contribution in [0.1, 0.15) is 32.0 Å². The molecule has 0 saturated heterocycles. The van der Waals surface area contributed by atoms with Crippen LogP contribution in [0, 0.1) is 0 Å². The van der Waals surface area contributed by atoms with Crippen LogP contribution in [0.15, 0.2) is 5.03 Å². The van der Waals surface area contributed by atoms with E-state index in [1.165, 1.54) is 0 Å². The number of hydrogen-bond acceptors (Lipinski definition) is 3. The molecule has 0 amide bonds. The van der Waals surface area contributed by atoms with E-state index in [4.69, 9.17) is 0 Å². The molecular formula is C8H13N3OS. The Bertz CT molecular complexity index is 310. The maximum absolute atomic E-state index is 11.7. The van der Waals surface area contributed by atoms with Gasteiger partial charge in [-0.1, -0.05) is 5.21 Å². The van der Waals surface area contributed by atoms with Crippen molar-refractivity contribution in [2.24, 2.45) is 0 Å². The van der Waals surface area contributed by atoms with E-state index >= 15 is 0 Å². The highest BCUT2D eigenvalue weighted by Gasteiger charge is 2.29. The topological polar surface area (TPSA) is 53.8 Å². The van der Waals surface area contributed by atoms with Gasteiger partial charge in [0, 0.05) is 17.6 Å². The van der Waals surface area contributed by atoms with Gasteiger partial charge in [-0.25, -0.2) is 4.68 Å². The number of fused-ring (bicyclic) bond motifs is 1. The van der Waals surface area contributed by atoms with Crippen LogP contribution in [-0.4, -0.2) is 25.3 Å². The van der Waals surface area contributed by atoms with Crippen LogP contribution in [0.3, 0.4) is 0 Å². The molecule has 0 N–H and O–H groups in total. The molecule has 0 radical (unpaired) electrons. The maximum Gasteiger partial charge on any atom is 0.266 e. The zero-order valence-corrected chi connectivity index (χ0v) is 8.67. The monoisotopic (exact) mass is 199 g/mol. The lowest BCUT2D eigenvalue weighted by Gasteiger charge is -2.17. The first-order valence-corrected chi connectivity index (χ1v) is 5.84. The van der Waals surface area contributed by atoms with Crippen molar-refractivity contribution in [2.45, 2.75) is 37.8 Å². The maximum atomic E-state index is 11.7. The first-order valence-electron chi connectivity index (χ1n) is 4.52. The lowest BCUT2D eigenvalue weighted by Crippen LogP contribution is -2.20. The zero-order valence-electron chi connectivity index (χ0n) is 7.86. The highest BCUT2D eigenvalue weighted by molar-refractivity contribution is 7.91. The predicted octanol–water partition coefficient (Wildman–Crippen LogP) is 0.913. The molecule has 1 aliphatic heterocycles. The summed E-state index contributed by atoms with van der Waals surface area (Å²) in [5, 5.41) is 8.92. The van der Waals surface area contributed by atoms with E-state index in [0.29, 0.717) is 0 Å². The molecule has 0 aliphatic carbocycles. The Hall–Kier alpha value is -0.550. The Morgan fingerprint density at radius 1 is 1.54 bits per heavy atom. The third-order valence-corrected chi connectivity index (χ3v) is 3.68. The molecule has 0 fully saturated rings. The first kappa shape index (κ1) is 9.02. The third kappa shape index (κ3) is 1.46. The number of hydrogen-bond donors (Lipinski definition) is 0. The molecule has 72 valence electrons. The van der Waals surface area contributed by atoms with E-state index in [2.05, 4.69) is 10.3 Å². The van der Waals surface area contributed by atoms with Crippen LogP contribution < -0.4 is 0 Å². The fourth-order valence-electron chi connectivity index (χ4n) is 1.52. The molecule has 1 unspecified atom stereocenters. The lowest BCUT2D eigenvalue weighted by atomic mass is 10.2. The van der Waals surface area contributed by atoms with Gasteiger partial charge < -0.3 is 4.55 Å². The minimum atomic E-state index is -0.878. The van der Waals surface area contributed by atoms with Crippen molar-refractivity contribution in [3.8, 4) is 0 Å². The summed E-state index contributed by atoms with van der Waals surface area (Å²) in [4.78, 5) is 0. The molecule has 0 bridgehead atoms. The fraction of sp³-hybridized carbons (Fsp3) is 0.750. The van der Waals surface area contributed by atoms with E-state index in [9.17, 15) is 4.55 Å². The standard InChI is InChI=1S/C8H13N3OS/c1-6(2)11-8-7(9-10-11)4-3-5-13(8)12/h6H,3-5H2,1-2H3. The zero-order chi connectivity index (χ0) is 9.42. The summed E-state index contributed by atoms with van der Waals surface area (Å²) in [6.07, 6.45) is 1.89. The average Bonchev–Trinajstić information content (AvgIpc) is 2.49. The van der Waals surface area contributed by atoms with Crippen LogP contribution in [0.5, 0.6) is 0 Å². The Labute approximate surface area is 80.5 Å². The highest BCUT2D eigenvalue weighted by atomic mass is 32.2. The number of aryl methyl sites for hydroxylation is 1. The predicted molar refractivity (Wildman–Crippen MR) is 50.0 cm³/mol. The van der Waals surface area contributed by atoms with Crippen molar-refractivity contribution in [1.82, 2.24) is 15.0 Å². The van der Waals surface area contributed by atoms with Crippen molar-refractivity contribution >= 4 is 11.2 Å². The van der Waals surface area contributed by atoms with Crippen LogP contribution in [0.4, 0.5) is 0 Å². The largest absolute Gasteiger partial charge is 0.610 e. The number of aromatic nitrogens is 3. The Morgan fingerprint density at radius 3 is 3.00 bits per heavy atom. The van der Waals surface area contributed by atoms with Gasteiger partial charge >= 0.3 is 0 Å². The molecule has 2 rings (SSSR count). The summed E-state index contributed by atoms with van der Waals surface area (Å²) in [6.45, 7) is 4.06. The van der Waals surface area contributed by atoms with E-state index in [1.807, 2.05) is 13.8 Å². The molecule has 1 aromatic rings. The number of nitrogens with zero attached hydrogens (tertiary/aromatic N) is 3. The molecule has 1 atom stereocenters. The van der Waals surface area contributed by atoms with Crippen molar-refractivity contribution < 1.29 is 4.55 Å². The van der Waals surface area contributed by atoms with Gasteiger partial charge in [0.2, 0.25) is 0 Å². The summed E-state index contributed by atoms with van der Waals surface area (Å²) in [6, 6.07) is 0.248. The van der Waals surface area contributed by atoms with E-state index in [1.54, 1.807) is 4.68 Å². The smallest absolute Gasteiger partial charge is 0.266 e. The summed E-state index contributed by atoms with van der Waals surface area (Å²) >= 11 is -0.878. The van der Waals surface area contributed by atoms with E-state index < -0.39 is 11.2 Å². The fourth-order valence-corrected chi connectivity index (χ4v) is 2.98. The highest BCUT2D eigenvalue weighted by Crippen LogP contribution is 2.24. The van der Waals surface area contributed by atoms with Crippen LogP contribution in [-0.2, 0) is 17.6 Å². The van der Waals surface area contributed by atoms with Crippen LogP contribution in [0.2, 0.25) is 0 Å². The second kappa shape index (κ2) is 3.31. The Balaban J connectivity index is 2.44. The normalized spacial score (nSPS) is 22.0. The molecule has 1 aliphatic rings. The minimum Gasteiger partial charge on any atom is -0.610 e. The summed E-state index contributed by atoms with van der Waals surface area (Å²) in [5.74, 6) is 0.757. The van der Waals surface area contributed by atoms with E-state index in [-0.39, 0.29) is 6.04 Å². The minimum absolute atomic E-state index is 0.248. The van der Waals surface area contributed by atoms with Gasteiger partial charge in [-0.05, 0) is 20.3 Å². The van der Waals surface area contributed by atoms with Crippen molar-refractivity contribution in [3.05, 3.63) is 5.69 Å². The third-order valence-electron chi connectivity index (χ3n) is 2.16. The molecule has 0 saturated carbocycles.